The van der Waals surface area contributed by atoms with Gasteiger partial charge in [0.15, 0.2) is 0 Å². The Kier molecular flexibility index (Phi) is 4.38. The van der Waals surface area contributed by atoms with Gasteiger partial charge in [0.25, 0.3) is 5.69 Å². The normalized spacial score (nSPS) is 10.5. The number of hydrogen-bond donors (Lipinski definition) is 1. The van der Waals surface area contributed by atoms with E-state index in [2.05, 4.69) is 14.9 Å². The van der Waals surface area contributed by atoms with Crippen molar-refractivity contribution in [2.45, 2.75) is 13.0 Å². The van der Waals surface area contributed by atoms with Crippen LogP contribution in [0.1, 0.15) is 12.0 Å². The summed E-state index contributed by atoms with van der Waals surface area (Å²) in [4.78, 5) is 14.9. The van der Waals surface area contributed by atoms with E-state index in [4.69, 9.17) is 5.26 Å². The molecule has 0 saturated carbocycles. The van der Waals surface area contributed by atoms with Crippen molar-refractivity contribution < 1.29 is 4.92 Å². The molecule has 0 atom stereocenters. The van der Waals surface area contributed by atoms with Gasteiger partial charge in [-0.15, -0.1) is 0 Å². The number of aromatic nitrogens is 2. The van der Waals surface area contributed by atoms with E-state index in [0.717, 1.165) is 24.0 Å². The number of benzene rings is 2. The van der Waals surface area contributed by atoms with E-state index in [1.165, 1.54) is 18.2 Å². The molecule has 120 valence electrons. The first-order valence-corrected chi connectivity index (χ1v) is 7.51. The molecule has 0 radical (unpaired) electrons. The molecule has 7 heteroatoms. The summed E-state index contributed by atoms with van der Waals surface area (Å²) in [5, 5.41) is 23.0. The van der Waals surface area contributed by atoms with Crippen LogP contribution in [0.3, 0.4) is 0 Å². The summed E-state index contributed by atoms with van der Waals surface area (Å²) in [6.45, 7) is 1.31. The lowest BCUT2D eigenvalue weighted by Gasteiger charge is -2.08. The highest BCUT2D eigenvalue weighted by molar-refractivity contribution is 5.74. The molecule has 3 aromatic rings. The second kappa shape index (κ2) is 6.79. The highest BCUT2D eigenvalue weighted by atomic mass is 16.6. The van der Waals surface area contributed by atoms with Gasteiger partial charge in [-0.25, -0.2) is 4.98 Å². The maximum Gasteiger partial charge on any atom is 0.292 e. The lowest BCUT2D eigenvalue weighted by atomic mass is 10.2. The Hall–Kier alpha value is -3.40. The first-order valence-electron chi connectivity index (χ1n) is 7.51. The Labute approximate surface area is 138 Å². The number of nitro groups is 1. The predicted molar refractivity (Wildman–Crippen MR) is 90.7 cm³/mol. The Morgan fingerprint density at radius 3 is 2.92 bits per heavy atom. The van der Waals surface area contributed by atoms with Crippen LogP contribution in [0.25, 0.3) is 11.0 Å². The monoisotopic (exact) mass is 321 g/mol. The number of nitrogens with one attached hydrogen (secondary N) is 1. The lowest BCUT2D eigenvalue weighted by Crippen LogP contribution is -2.08. The summed E-state index contributed by atoms with van der Waals surface area (Å²) < 4.78 is 2.05. The average molecular weight is 321 g/mol. The van der Waals surface area contributed by atoms with Crippen LogP contribution in [0.4, 0.5) is 11.4 Å². The smallest absolute Gasteiger partial charge is 0.292 e. The molecule has 0 fully saturated rings. The summed E-state index contributed by atoms with van der Waals surface area (Å²) in [5.74, 6) is 0. The second-order valence-corrected chi connectivity index (χ2v) is 5.31. The van der Waals surface area contributed by atoms with E-state index in [1.54, 1.807) is 6.33 Å². The van der Waals surface area contributed by atoms with Crippen LogP contribution in [-0.2, 0) is 6.54 Å². The van der Waals surface area contributed by atoms with Gasteiger partial charge >= 0.3 is 0 Å². The molecule has 7 nitrogen and oxygen atoms in total. The number of nitrogens with zero attached hydrogens (tertiary/aromatic N) is 4. The van der Waals surface area contributed by atoms with Crippen LogP contribution in [0.2, 0.25) is 0 Å². The number of para-hydroxylation sites is 2. The highest BCUT2D eigenvalue weighted by Gasteiger charge is 2.13. The minimum Gasteiger partial charge on any atom is -0.379 e. The van der Waals surface area contributed by atoms with E-state index in [1.807, 2.05) is 30.3 Å². The van der Waals surface area contributed by atoms with Gasteiger partial charge in [0.1, 0.15) is 5.69 Å². The van der Waals surface area contributed by atoms with Gasteiger partial charge in [-0.2, -0.15) is 5.26 Å². The summed E-state index contributed by atoms with van der Waals surface area (Å²) in [6, 6.07) is 14.2. The average Bonchev–Trinajstić information content (AvgIpc) is 3.01. The minimum absolute atomic E-state index is 0.0259. The molecule has 0 bridgehead atoms. The number of anilines is 1. The fourth-order valence-corrected chi connectivity index (χ4v) is 2.57. The van der Waals surface area contributed by atoms with Crippen LogP contribution in [-0.4, -0.2) is 21.0 Å². The SMILES string of the molecule is N#Cc1ccc([N+](=O)[O-])c(NCCCn2cnc3ccccc32)c1. The fraction of sp³-hybridized carbons (Fsp3) is 0.176. The van der Waals surface area contributed by atoms with Gasteiger partial charge < -0.3 is 9.88 Å². The van der Waals surface area contributed by atoms with E-state index in [-0.39, 0.29) is 5.69 Å². The van der Waals surface area contributed by atoms with Crippen molar-refractivity contribution in [3.05, 3.63) is 64.5 Å². The quantitative estimate of drug-likeness (QED) is 0.427. The van der Waals surface area contributed by atoms with Gasteiger partial charge in [-0.05, 0) is 30.7 Å². The summed E-state index contributed by atoms with van der Waals surface area (Å²) in [7, 11) is 0. The van der Waals surface area contributed by atoms with Crippen LogP contribution in [0.15, 0.2) is 48.8 Å². The number of nitro benzene ring substituents is 1. The molecule has 1 heterocycles. The van der Waals surface area contributed by atoms with Crippen LogP contribution < -0.4 is 5.32 Å². The third-order valence-corrected chi connectivity index (χ3v) is 3.74. The molecular weight excluding hydrogens is 306 g/mol. The van der Waals surface area contributed by atoms with Gasteiger partial charge in [-0.1, -0.05) is 12.1 Å². The molecule has 0 amide bonds. The number of nitriles is 1. The van der Waals surface area contributed by atoms with Gasteiger partial charge in [0.2, 0.25) is 0 Å². The number of imidazole rings is 1. The largest absolute Gasteiger partial charge is 0.379 e. The van der Waals surface area contributed by atoms with Gasteiger partial charge in [0.05, 0.1) is 33.9 Å². The standard InChI is InChI=1S/C17H15N5O2/c18-11-13-6-7-17(22(23)24)15(10-13)19-8-3-9-21-12-20-14-4-1-2-5-16(14)21/h1-2,4-7,10,12,19H,3,8-9H2. The number of fused-ring (bicyclic) bond motifs is 1. The van der Waals surface area contributed by atoms with Crippen LogP contribution in [0.5, 0.6) is 0 Å². The molecule has 0 unspecified atom stereocenters. The van der Waals surface area contributed by atoms with Crippen molar-refractivity contribution in [3.8, 4) is 6.07 Å². The molecule has 0 spiro atoms. The zero-order valence-corrected chi connectivity index (χ0v) is 12.8. The van der Waals surface area contributed by atoms with Crippen LogP contribution >= 0.6 is 0 Å². The van der Waals surface area contributed by atoms with Crippen molar-refractivity contribution in [3.63, 3.8) is 0 Å². The van der Waals surface area contributed by atoms with Crippen molar-refractivity contribution >= 4 is 22.4 Å². The molecule has 0 aliphatic carbocycles. The number of rotatable bonds is 6. The molecule has 1 N–H and O–H groups in total. The zero-order chi connectivity index (χ0) is 16.9. The van der Waals surface area contributed by atoms with Gasteiger partial charge in [-0.3, -0.25) is 10.1 Å². The molecule has 3 rings (SSSR count). The number of hydrogen-bond acceptors (Lipinski definition) is 5. The van der Waals surface area contributed by atoms with E-state index in [0.29, 0.717) is 17.8 Å². The third-order valence-electron chi connectivity index (χ3n) is 3.74. The zero-order valence-electron chi connectivity index (χ0n) is 12.8. The molecule has 0 aliphatic heterocycles. The maximum atomic E-state index is 11.1. The topological polar surface area (TPSA) is 96.8 Å². The Balaban J connectivity index is 1.64. The molecule has 0 saturated heterocycles. The predicted octanol–water partition coefficient (Wildman–Crippen LogP) is 3.32. The number of aryl methyl sites for hydroxylation is 1. The summed E-state index contributed by atoms with van der Waals surface area (Å²) in [5.41, 5.74) is 2.75. The van der Waals surface area contributed by atoms with Crippen molar-refractivity contribution in [2.75, 3.05) is 11.9 Å². The fourth-order valence-electron chi connectivity index (χ4n) is 2.57. The second-order valence-electron chi connectivity index (χ2n) is 5.31. The minimum atomic E-state index is -0.452. The van der Waals surface area contributed by atoms with E-state index in [9.17, 15) is 10.1 Å². The first-order chi connectivity index (χ1) is 11.7. The summed E-state index contributed by atoms with van der Waals surface area (Å²) in [6.07, 6.45) is 2.57. The molecule has 2 aromatic carbocycles. The Bertz CT molecular complexity index is 926. The lowest BCUT2D eigenvalue weighted by molar-refractivity contribution is -0.384. The Morgan fingerprint density at radius 1 is 1.29 bits per heavy atom. The van der Waals surface area contributed by atoms with Crippen molar-refractivity contribution in [1.82, 2.24) is 9.55 Å². The highest BCUT2D eigenvalue weighted by Crippen LogP contribution is 2.25. The summed E-state index contributed by atoms with van der Waals surface area (Å²) >= 11 is 0. The third kappa shape index (κ3) is 3.17. The molecule has 1 aromatic heterocycles. The Morgan fingerprint density at radius 2 is 2.12 bits per heavy atom. The first kappa shape index (κ1) is 15.5. The van der Waals surface area contributed by atoms with Crippen molar-refractivity contribution in [1.29, 1.82) is 5.26 Å². The molecule has 0 aliphatic rings. The molecule has 24 heavy (non-hydrogen) atoms. The van der Waals surface area contributed by atoms with E-state index >= 15 is 0 Å². The van der Waals surface area contributed by atoms with Gasteiger partial charge in [0, 0.05) is 19.2 Å². The van der Waals surface area contributed by atoms with E-state index < -0.39 is 4.92 Å². The molecular formula is C17H15N5O2. The maximum absolute atomic E-state index is 11.1. The van der Waals surface area contributed by atoms with Crippen molar-refractivity contribution in [2.24, 2.45) is 0 Å². The van der Waals surface area contributed by atoms with Crippen LogP contribution in [0, 0.1) is 21.4 Å².